The van der Waals surface area contributed by atoms with Gasteiger partial charge < -0.3 is 15.0 Å². The van der Waals surface area contributed by atoms with Crippen molar-refractivity contribution in [1.29, 1.82) is 0 Å². The molecular weight excluding hydrogens is 516 g/mol. The van der Waals surface area contributed by atoms with Crippen molar-refractivity contribution in [3.63, 3.8) is 0 Å². The van der Waals surface area contributed by atoms with E-state index >= 15 is 0 Å². The maximum atomic E-state index is 13.6. The minimum Gasteiger partial charge on any atom is -0.484 e. The monoisotopic (exact) mass is 550 g/mol. The highest BCUT2D eigenvalue weighted by molar-refractivity contribution is 9.10. The summed E-state index contributed by atoms with van der Waals surface area (Å²) in [6.07, 6.45) is 0.417. The molecule has 0 spiro atoms. The fourth-order valence-electron chi connectivity index (χ4n) is 3.97. The SMILES string of the molecule is Cc1cc(OCC(=O)N(Cc2ccccc2)C(Cc2ccccc2)C(=O)NCC(C)C)cc(C)c1Br. The number of aryl methyl sites for hydroxylation is 2. The summed E-state index contributed by atoms with van der Waals surface area (Å²) >= 11 is 3.57. The summed E-state index contributed by atoms with van der Waals surface area (Å²) in [6, 6.07) is 22.7. The topological polar surface area (TPSA) is 58.6 Å². The molecule has 1 N–H and O–H groups in total. The number of amides is 2. The van der Waals surface area contributed by atoms with Crippen molar-refractivity contribution in [3.05, 3.63) is 99.5 Å². The third-order valence-corrected chi connectivity index (χ3v) is 7.17. The number of carbonyl (C=O) groups is 2. The third-order valence-electron chi connectivity index (χ3n) is 5.92. The molecule has 0 saturated heterocycles. The molecule has 0 aromatic heterocycles. The quantitative estimate of drug-likeness (QED) is 0.325. The van der Waals surface area contributed by atoms with Gasteiger partial charge in [0, 0.05) is 24.0 Å². The Kier molecular flexibility index (Phi) is 10.1. The fraction of sp³-hybridized carbons (Fsp3) is 0.333. The van der Waals surface area contributed by atoms with Gasteiger partial charge in [-0.25, -0.2) is 0 Å². The van der Waals surface area contributed by atoms with Crippen molar-refractivity contribution in [3.8, 4) is 5.75 Å². The molecule has 1 unspecified atom stereocenters. The van der Waals surface area contributed by atoms with Crippen molar-refractivity contribution >= 4 is 27.7 Å². The second kappa shape index (κ2) is 13.3. The van der Waals surface area contributed by atoms with E-state index < -0.39 is 6.04 Å². The van der Waals surface area contributed by atoms with Crippen LogP contribution in [0, 0.1) is 19.8 Å². The maximum absolute atomic E-state index is 13.6. The zero-order chi connectivity index (χ0) is 26.1. The van der Waals surface area contributed by atoms with E-state index in [-0.39, 0.29) is 18.4 Å². The van der Waals surface area contributed by atoms with Crippen LogP contribution >= 0.6 is 15.9 Å². The normalized spacial score (nSPS) is 11.7. The van der Waals surface area contributed by atoms with E-state index in [1.54, 1.807) is 4.90 Å². The van der Waals surface area contributed by atoms with Crippen LogP contribution in [0.2, 0.25) is 0 Å². The molecule has 0 aliphatic heterocycles. The van der Waals surface area contributed by atoms with E-state index in [1.807, 2.05) is 86.6 Å². The van der Waals surface area contributed by atoms with E-state index in [4.69, 9.17) is 4.74 Å². The molecule has 6 heteroatoms. The summed E-state index contributed by atoms with van der Waals surface area (Å²) in [7, 11) is 0. The largest absolute Gasteiger partial charge is 0.484 e. The maximum Gasteiger partial charge on any atom is 0.261 e. The Bertz CT molecular complexity index is 1130. The first-order valence-corrected chi connectivity index (χ1v) is 13.1. The molecule has 5 nitrogen and oxygen atoms in total. The van der Waals surface area contributed by atoms with Gasteiger partial charge in [0.05, 0.1) is 0 Å². The molecule has 1 atom stereocenters. The van der Waals surface area contributed by atoms with Crippen LogP contribution < -0.4 is 10.1 Å². The van der Waals surface area contributed by atoms with Gasteiger partial charge in [-0.3, -0.25) is 9.59 Å². The summed E-state index contributed by atoms with van der Waals surface area (Å²) in [5, 5.41) is 3.04. The zero-order valence-corrected chi connectivity index (χ0v) is 23.0. The first kappa shape index (κ1) is 27.5. The molecule has 0 fully saturated rings. The van der Waals surface area contributed by atoms with Crippen LogP contribution in [0.3, 0.4) is 0 Å². The van der Waals surface area contributed by atoms with E-state index in [0.29, 0.717) is 31.2 Å². The number of nitrogens with zero attached hydrogens (tertiary/aromatic N) is 1. The molecule has 3 aromatic rings. The molecule has 0 aliphatic rings. The molecule has 3 aromatic carbocycles. The van der Waals surface area contributed by atoms with Gasteiger partial charge in [0.15, 0.2) is 6.61 Å². The number of ether oxygens (including phenoxy) is 1. The standard InChI is InChI=1S/C30H35BrN2O3/c1-21(2)18-32-30(35)27(17-24-11-7-5-8-12-24)33(19-25-13-9-6-10-14-25)28(34)20-36-26-15-22(3)29(31)23(4)16-26/h5-16,21,27H,17-20H2,1-4H3,(H,32,35). The van der Waals surface area contributed by atoms with E-state index in [2.05, 4.69) is 35.1 Å². The second-order valence-corrected chi connectivity index (χ2v) is 10.3. The first-order chi connectivity index (χ1) is 17.2. The number of hydrogen-bond acceptors (Lipinski definition) is 3. The van der Waals surface area contributed by atoms with Crippen LogP contribution in [0.1, 0.15) is 36.1 Å². The number of benzene rings is 3. The van der Waals surface area contributed by atoms with E-state index in [9.17, 15) is 9.59 Å². The number of carbonyl (C=O) groups excluding carboxylic acids is 2. The Morgan fingerprint density at radius 3 is 2.03 bits per heavy atom. The average molecular weight is 552 g/mol. The predicted molar refractivity (Wildman–Crippen MR) is 148 cm³/mol. The Morgan fingerprint density at radius 2 is 1.47 bits per heavy atom. The van der Waals surface area contributed by atoms with Gasteiger partial charge in [0.2, 0.25) is 5.91 Å². The van der Waals surface area contributed by atoms with Gasteiger partial charge in [0.25, 0.3) is 5.91 Å². The molecule has 0 aliphatic carbocycles. The Balaban J connectivity index is 1.89. The van der Waals surface area contributed by atoms with Crippen molar-refractivity contribution in [2.24, 2.45) is 5.92 Å². The Morgan fingerprint density at radius 1 is 0.917 bits per heavy atom. The lowest BCUT2D eigenvalue weighted by Gasteiger charge is -2.31. The molecule has 0 heterocycles. The molecule has 0 bridgehead atoms. The Labute approximate surface area is 223 Å². The molecule has 0 radical (unpaired) electrons. The molecule has 0 saturated carbocycles. The number of nitrogens with one attached hydrogen (secondary N) is 1. The molecular formula is C30H35BrN2O3. The van der Waals surface area contributed by atoms with Gasteiger partial charge in [-0.2, -0.15) is 0 Å². The molecule has 2 amide bonds. The fourth-order valence-corrected chi connectivity index (χ4v) is 4.20. The predicted octanol–water partition coefficient (Wildman–Crippen LogP) is 5.86. The van der Waals surface area contributed by atoms with Crippen LogP contribution in [0.15, 0.2) is 77.3 Å². The van der Waals surface area contributed by atoms with E-state index in [0.717, 1.165) is 26.7 Å². The first-order valence-electron chi connectivity index (χ1n) is 12.3. The van der Waals surface area contributed by atoms with Crippen molar-refractivity contribution in [1.82, 2.24) is 10.2 Å². The number of halogens is 1. The highest BCUT2D eigenvalue weighted by Gasteiger charge is 2.30. The summed E-state index contributed by atoms with van der Waals surface area (Å²) in [4.78, 5) is 28.7. The zero-order valence-electron chi connectivity index (χ0n) is 21.5. The smallest absolute Gasteiger partial charge is 0.261 e. The number of hydrogen-bond donors (Lipinski definition) is 1. The highest BCUT2D eigenvalue weighted by atomic mass is 79.9. The van der Waals surface area contributed by atoms with Gasteiger partial charge in [0.1, 0.15) is 11.8 Å². The van der Waals surface area contributed by atoms with Crippen LogP contribution in [0.25, 0.3) is 0 Å². The second-order valence-electron chi connectivity index (χ2n) is 9.51. The summed E-state index contributed by atoms with van der Waals surface area (Å²) < 4.78 is 6.96. The van der Waals surface area contributed by atoms with Crippen LogP contribution in [-0.2, 0) is 22.6 Å². The molecule has 190 valence electrons. The third kappa shape index (κ3) is 7.95. The van der Waals surface area contributed by atoms with Crippen LogP contribution in [0.4, 0.5) is 0 Å². The lowest BCUT2D eigenvalue weighted by atomic mass is 10.0. The highest BCUT2D eigenvalue weighted by Crippen LogP contribution is 2.26. The summed E-state index contributed by atoms with van der Waals surface area (Å²) in [5.41, 5.74) is 4.02. The van der Waals surface area contributed by atoms with Gasteiger partial charge in [-0.1, -0.05) is 90.4 Å². The van der Waals surface area contributed by atoms with Crippen molar-refractivity contribution in [2.75, 3.05) is 13.2 Å². The van der Waals surface area contributed by atoms with Crippen molar-refractivity contribution < 1.29 is 14.3 Å². The summed E-state index contributed by atoms with van der Waals surface area (Å²) in [6.45, 7) is 8.78. The van der Waals surface area contributed by atoms with Gasteiger partial charge in [-0.15, -0.1) is 0 Å². The molecule has 3 rings (SSSR count). The van der Waals surface area contributed by atoms with E-state index in [1.165, 1.54) is 0 Å². The van der Waals surface area contributed by atoms with Gasteiger partial charge in [-0.05, 0) is 54.2 Å². The lowest BCUT2D eigenvalue weighted by molar-refractivity contribution is -0.142. The Hall–Kier alpha value is -3.12. The van der Waals surface area contributed by atoms with Gasteiger partial charge >= 0.3 is 0 Å². The van der Waals surface area contributed by atoms with Crippen molar-refractivity contribution in [2.45, 2.75) is 46.7 Å². The molecule has 36 heavy (non-hydrogen) atoms. The van der Waals surface area contributed by atoms with Crippen LogP contribution in [-0.4, -0.2) is 35.9 Å². The summed E-state index contributed by atoms with van der Waals surface area (Å²) in [5.74, 6) is 0.534. The minimum absolute atomic E-state index is 0.157. The van der Waals surface area contributed by atoms with Crippen LogP contribution in [0.5, 0.6) is 5.75 Å². The lowest BCUT2D eigenvalue weighted by Crippen LogP contribution is -2.52. The minimum atomic E-state index is -0.671. The average Bonchev–Trinajstić information content (AvgIpc) is 2.87. The number of rotatable bonds is 11.